The Morgan fingerprint density at radius 3 is 3.06 bits per heavy atom. The van der Waals surface area contributed by atoms with Crippen LogP contribution in [0.15, 0.2) is 24.3 Å². The number of rotatable bonds is 3. The summed E-state index contributed by atoms with van der Waals surface area (Å²) in [7, 11) is 1.83. The van der Waals surface area contributed by atoms with Gasteiger partial charge in [-0.1, -0.05) is 17.7 Å². The zero-order valence-electron chi connectivity index (χ0n) is 11.0. The number of aryl methyl sites for hydroxylation is 1. The molecule has 1 atom stereocenters. The lowest BCUT2D eigenvalue weighted by molar-refractivity contribution is 0.0565. The minimum absolute atomic E-state index is 0.0612. The lowest BCUT2D eigenvalue weighted by Gasteiger charge is -2.28. The van der Waals surface area contributed by atoms with Crippen LogP contribution in [0.1, 0.15) is 15.9 Å². The number of ether oxygens (including phenoxy) is 1. The third-order valence-corrected chi connectivity index (χ3v) is 3.10. The van der Waals surface area contributed by atoms with Gasteiger partial charge in [0.05, 0.1) is 13.2 Å². The molecule has 1 N–H and O–H groups in total. The number of nitrogens with zero attached hydrogens (tertiary/aromatic N) is 1. The highest BCUT2D eigenvalue weighted by Crippen LogP contribution is 2.07. The third-order valence-electron chi connectivity index (χ3n) is 3.10. The van der Waals surface area contributed by atoms with Crippen LogP contribution in [-0.4, -0.2) is 50.2 Å². The van der Waals surface area contributed by atoms with Gasteiger partial charge in [0.1, 0.15) is 0 Å². The monoisotopic (exact) mass is 248 g/mol. The van der Waals surface area contributed by atoms with Crippen LogP contribution in [-0.2, 0) is 4.74 Å². The molecule has 0 bridgehead atoms. The van der Waals surface area contributed by atoms with Crippen LogP contribution in [0.2, 0.25) is 0 Å². The summed E-state index contributed by atoms with van der Waals surface area (Å²) in [5, 5.41) is 3.35. The number of nitrogens with one attached hydrogen (secondary N) is 1. The molecule has 1 aliphatic heterocycles. The topological polar surface area (TPSA) is 41.6 Å². The number of amides is 1. The second-order valence-electron chi connectivity index (χ2n) is 4.78. The van der Waals surface area contributed by atoms with Gasteiger partial charge in [-0.15, -0.1) is 0 Å². The standard InChI is InChI=1S/C14H20N2O2/c1-11-4-3-5-12(8-11)14(17)16(2)9-13-10-18-7-6-15-13/h3-5,8,13,15H,6-7,9-10H2,1-2H3. The Kier molecular flexibility index (Phi) is 4.33. The molecular formula is C14H20N2O2. The van der Waals surface area contributed by atoms with Crippen molar-refractivity contribution in [2.45, 2.75) is 13.0 Å². The number of morpholine rings is 1. The van der Waals surface area contributed by atoms with Crippen LogP contribution in [0.4, 0.5) is 0 Å². The highest BCUT2D eigenvalue weighted by molar-refractivity contribution is 5.94. The van der Waals surface area contributed by atoms with Gasteiger partial charge in [0, 0.05) is 31.7 Å². The van der Waals surface area contributed by atoms with Crippen LogP contribution in [0.5, 0.6) is 0 Å². The van der Waals surface area contributed by atoms with Gasteiger partial charge in [-0.3, -0.25) is 4.79 Å². The molecule has 18 heavy (non-hydrogen) atoms. The Morgan fingerprint density at radius 1 is 1.56 bits per heavy atom. The normalized spacial score (nSPS) is 19.6. The first-order chi connectivity index (χ1) is 8.66. The van der Waals surface area contributed by atoms with Gasteiger partial charge in [-0.2, -0.15) is 0 Å². The maximum atomic E-state index is 12.2. The second-order valence-corrected chi connectivity index (χ2v) is 4.78. The van der Waals surface area contributed by atoms with Crippen molar-refractivity contribution in [2.24, 2.45) is 0 Å². The van der Waals surface area contributed by atoms with E-state index in [1.54, 1.807) is 4.90 Å². The molecule has 0 saturated carbocycles. The van der Waals surface area contributed by atoms with E-state index in [0.29, 0.717) is 13.2 Å². The zero-order valence-corrected chi connectivity index (χ0v) is 11.0. The summed E-state index contributed by atoms with van der Waals surface area (Å²) >= 11 is 0. The fourth-order valence-electron chi connectivity index (χ4n) is 2.15. The molecule has 4 heteroatoms. The fraction of sp³-hybridized carbons (Fsp3) is 0.500. The first-order valence-electron chi connectivity index (χ1n) is 6.30. The lowest BCUT2D eigenvalue weighted by Crippen LogP contribution is -2.48. The summed E-state index contributed by atoms with van der Waals surface area (Å²) in [5.74, 6) is 0.0612. The average Bonchev–Trinajstić information content (AvgIpc) is 2.39. The number of benzene rings is 1. The van der Waals surface area contributed by atoms with E-state index in [4.69, 9.17) is 4.74 Å². The molecule has 98 valence electrons. The lowest BCUT2D eigenvalue weighted by atomic mass is 10.1. The second kappa shape index (κ2) is 5.98. The van der Waals surface area contributed by atoms with E-state index < -0.39 is 0 Å². The largest absolute Gasteiger partial charge is 0.378 e. The minimum atomic E-state index is 0.0612. The van der Waals surface area contributed by atoms with Crippen molar-refractivity contribution in [1.29, 1.82) is 0 Å². The molecule has 1 saturated heterocycles. The van der Waals surface area contributed by atoms with Gasteiger partial charge in [0.25, 0.3) is 5.91 Å². The SMILES string of the molecule is Cc1cccc(C(=O)N(C)CC2COCCN2)c1. The Bertz CT molecular complexity index is 414. The smallest absolute Gasteiger partial charge is 0.253 e. The van der Waals surface area contributed by atoms with E-state index >= 15 is 0 Å². The van der Waals surface area contributed by atoms with E-state index in [1.165, 1.54) is 0 Å². The van der Waals surface area contributed by atoms with Gasteiger partial charge >= 0.3 is 0 Å². The van der Waals surface area contributed by atoms with Crippen LogP contribution in [0.3, 0.4) is 0 Å². The predicted octanol–water partition coefficient (Wildman–Crippen LogP) is 1.06. The van der Waals surface area contributed by atoms with E-state index in [2.05, 4.69) is 5.32 Å². The van der Waals surface area contributed by atoms with E-state index in [1.807, 2.05) is 38.2 Å². The molecule has 1 heterocycles. The average molecular weight is 248 g/mol. The predicted molar refractivity (Wildman–Crippen MR) is 70.7 cm³/mol. The van der Waals surface area contributed by atoms with Crippen molar-refractivity contribution < 1.29 is 9.53 Å². The summed E-state index contributed by atoms with van der Waals surface area (Å²) < 4.78 is 5.39. The van der Waals surface area contributed by atoms with E-state index in [-0.39, 0.29) is 11.9 Å². The van der Waals surface area contributed by atoms with Crippen molar-refractivity contribution in [3.05, 3.63) is 35.4 Å². The number of hydrogen-bond donors (Lipinski definition) is 1. The van der Waals surface area contributed by atoms with Crippen molar-refractivity contribution in [1.82, 2.24) is 10.2 Å². The first-order valence-corrected chi connectivity index (χ1v) is 6.30. The molecule has 4 nitrogen and oxygen atoms in total. The van der Waals surface area contributed by atoms with E-state index in [9.17, 15) is 4.79 Å². The number of likely N-dealkylation sites (N-methyl/N-ethyl adjacent to an activating group) is 1. The molecule has 2 rings (SSSR count). The molecule has 1 aliphatic rings. The zero-order chi connectivity index (χ0) is 13.0. The quantitative estimate of drug-likeness (QED) is 0.869. The highest BCUT2D eigenvalue weighted by Gasteiger charge is 2.18. The molecule has 1 unspecified atom stereocenters. The van der Waals surface area contributed by atoms with Crippen LogP contribution in [0.25, 0.3) is 0 Å². The van der Waals surface area contributed by atoms with Crippen molar-refractivity contribution in [3.63, 3.8) is 0 Å². The highest BCUT2D eigenvalue weighted by atomic mass is 16.5. The summed E-state index contributed by atoms with van der Waals surface area (Å²) in [6.07, 6.45) is 0. The molecule has 0 spiro atoms. The molecule has 0 aromatic heterocycles. The third kappa shape index (κ3) is 3.31. The van der Waals surface area contributed by atoms with Gasteiger partial charge in [-0.25, -0.2) is 0 Å². The summed E-state index contributed by atoms with van der Waals surface area (Å²) in [5.41, 5.74) is 1.85. The van der Waals surface area contributed by atoms with Crippen molar-refractivity contribution in [2.75, 3.05) is 33.4 Å². The van der Waals surface area contributed by atoms with Gasteiger partial charge < -0.3 is 15.0 Å². The first kappa shape index (κ1) is 13.1. The Morgan fingerprint density at radius 2 is 2.39 bits per heavy atom. The summed E-state index contributed by atoms with van der Waals surface area (Å²) in [6, 6.07) is 7.92. The number of hydrogen-bond acceptors (Lipinski definition) is 3. The number of carbonyl (C=O) groups is 1. The summed E-state index contributed by atoms with van der Waals surface area (Å²) in [6.45, 7) is 4.95. The van der Waals surface area contributed by atoms with E-state index in [0.717, 1.165) is 24.3 Å². The molecular weight excluding hydrogens is 228 g/mol. The van der Waals surface area contributed by atoms with Crippen molar-refractivity contribution >= 4 is 5.91 Å². The number of carbonyl (C=O) groups excluding carboxylic acids is 1. The molecule has 0 radical (unpaired) electrons. The molecule has 1 fully saturated rings. The molecule has 0 aliphatic carbocycles. The Hall–Kier alpha value is -1.39. The Labute approximate surface area is 108 Å². The Balaban J connectivity index is 1.95. The van der Waals surface area contributed by atoms with Gasteiger partial charge in [0.2, 0.25) is 0 Å². The molecule has 1 aromatic rings. The fourth-order valence-corrected chi connectivity index (χ4v) is 2.15. The van der Waals surface area contributed by atoms with Gasteiger partial charge in [-0.05, 0) is 19.1 Å². The van der Waals surface area contributed by atoms with Crippen LogP contribution < -0.4 is 5.32 Å². The van der Waals surface area contributed by atoms with Crippen LogP contribution in [0, 0.1) is 6.92 Å². The maximum Gasteiger partial charge on any atom is 0.253 e. The van der Waals surface area contributed by atoms with Crippen molar-refractivity contribution in [3.8, 4) is 0 Å². The summed E-state index contributed by atoms with van der Waals surface area (Å²) in [4.78, 5) is 14.0. The minimum Gasteiger partial charge on any atom is -0.378 e. The molecule has 1 amide bonds. The maximum absolute atomic E-state index is 12.2. The molecule has 1 aromatic carbocycles. The van der Waals surface area contributed by atoms with Crippen LogP contribution >= 0.6 is 0 Å². The van der Waals surface area contributed by atoms with Gasteiger partial charge in [0.15, 0.2) is 0 Å².